The maximum Gasteiger partial charge on any atom is 0.245 e. The van der Waals surface area contributed by atoms with Gasteiger partial charge in [-0.1, -0.05) is 26.2 Å². The van der Waals surface area contributed by atoms with Gasteiger partial charge in [0.2, 0.25) is 11.8 Å². The van der Waals surface area contributed by atoms with Gasteiger partial charge >= 0.3 is 0 Å². The second-order valence-electron chi connectivity index (χ2n) is 6.78. The summed E-state index contributed by atoms with van der Waals surface area (Å²) in [5.41, 5.74) is 11.1. The Bertz CT molecular complexity index is 459. The number of carbonyl (C=O) groups excluding carboxylic acids is 3. The molecular weight excluding hydrogens is 350 g/mol. The Morgan fingerprint density at radius 2 is 1.67 bits per heavy atom. The average molecular weight is 388 g/mol. The molecule has 0 bridgehead atoms. The molecule has 4 atom stereocenters. The lowest BCUT2D eigenvalue weighted by Crippen LogP contribution is -2.59. The van der Waals surface area contributed by atoms with Crippen molar-refractivity contribution in [3.63, 3.8) is 0 Å². The molecule has 0 aromatic rings. The first-order valence-electron chi connectivity index (χ1n) is 9.71. The van der Waals surface area contributed by atoms with Gasteiger partial charge in [-0.3, -0.25) is 14.4 Å². The van der Waals surface area contributed by atoms with Gasteiger partial charge in [0.25, 0.3) is 0 Å². The number of hydrogen-bond donors (Lipinski definition) is 6. The first-order valence-corrected chi connectivity index (χ1v) is 9.71. The van der Waals surface area contributed by atoms with Crippen LogP contribution in [0.3, 0.4) is 0 Å². The Hall–Kier alpha value is -1.55. The van der Waals surface area contributed by atoms with Gasteiger partial charge in [0.05, 0.1) is 18.2 Å². The summed E-state index contributed by atoms with van der Waals surface area (Å²) < 4.78 is 0. The van der Waals surface area contributed by atoms with Gasteiger partial charge < -0.3 is 32.5 Å². The van der Waals surface area contributed by atoms with Gasteiger partial charge in [0.1, 0.15) is 6.04 Å². The van der Waals surface area contributed by atoms with Gasteiger partial charge in [-0.2, -0.15) is 0 Å². The fourth-order valence-electron chi connectivity index (χ4n) is 2.57. The number of nitrogens with two attached hydrogens (primary N) is 2. The minimum absolute atomic E-state index is 0.0589. The van der Waals surface area contributed by atoms with Crippen LogP contribution < -0.4 is 27.4 Å². The van der Waals surface area contributed by atoms with Crippen molar-refractivity contribution >= 4 is 17.6 Å². The van der Waals surface area contributed by atoms with Gasteiger partial charge in [0.15, 0.2) is 5.78 Å². The molecule has 0 aliphatic carbocycles. The van der Waals surface area contributed by atoms with E-state index in [1.807, 2.05) is 0 Å². The number of unbranched alkanes of at least 4 members (excludes halogenated alkanes) is 3. The van der Waals surface area contributed by atoms with E-state index in [9.17, 15) is 19.5 Å². The van der Waals surface area contributed by atoms with Crippen molar-refractivity contribution < 1.29 is 19.5 Å². The Morgan fingerprint density at radius 1 is 1.00 bits per heavy atom. The van der Waals surface area contributed by atoms with Gasteiger partial charge in [-0.15, -0.1) is 0 Å². The largest absolute Gasteiger partial charge is 0.391 e. The van der Waals surface area contributed by atoms with E-state index in [1.54, 1.807) is 0 Å². The summed E-state index contributed by atoms with van der Waals surface area (Å²) in [6, 6.07) is -2.59. The summed E-state index contributed by atoms with van der Waals surface area (Å²) in [5, 5.41) is 18.1. The van der Waals surface area contributed by atoms with E-state index < -0.39 is 36.0 Å². The van der Waals surface area contributed by atoms with E-state index in [0.717, 1.165) is 25.7 Å². The zero-order valence-electron chi connectivity index (χ0n) is 16.8. The number of nitrogens with one attached hydrogen (secondary N) is 3. The summed E-state index contributed by atoms with van der Waals surface area (Å²) >= 11 is 0. The average Bonchev–Trinajstić information content (AvgIpc) is 2.62. The molecule has 0 spiro atoms. The predicted octanol–water partition coefficient (Wildman–Crippen LogP) is -1.23. The third-order valence-corrected chi connectivity index (χ3v) is 4.30. The van der Waals surface area contributed by atoms with Crippen LogP contribution in [0.1, 0.15) is 52.9 Å². The zero-order chi connectivity index (χ0) is 20.8. The molecule has 27 heavy (non-hydrogen) atoms. The van der Waals surface area contributed by atoms with Crippen LogP contribution in [-0.2, 0) is 14.4 Å². The highest BCUT2D eigenvalue weighted by Crippen LogP contribution is 2.01. The number of amides is 2. The molecule has 1 unspecified atom stereocenters. The summed E-state index contributed by atoms with van der Waals surface area (Å²) in [7, 11) is 0. The van der Waals surface area contributed by atoms with Crippen molar-refractivity contribution in [3.05, 3.63) is 0 Å². The fraction of sp³-hybridized carbons (Fsp3) is 0.833. The van der Waals surface area contributed by atoms with Gasteiger partial charge in [-0.05, 0) is 39.8 Å². The van der Waals surface area contributed by atoms with Gasteiger partial charge in [0, 0.05) is 6.54 Å². The van der Waals surface area contributed by atoms with Crippen molar-refractivity contribution in [2.45, 2.75) is 77.1 Å². The van der Waals surface area contributed by atoms with Crippen molar-refractivity contribution in [2.24, 2.45) is 11.5 Å². The SMILES string of the molecule is CCCCCCN[C@@H](CCN)C(=O)N[C@H](C(=O)N[C@@H](CN)C(C)=O)C(C)O. The predicted molar refractivity (Wildman–Crippen MR) is 105 cm³/mol. The van der Waals surface area contributed by atoms with Crippen LogP contribution in [0.15, 0.2) is 0 Å². The van der Waals surface area contributed by atoms with Crippen molar-refractivity contribution in [1.29, 1.82) is 0 Å². The van der Waals surface area contributed by atoms with Gasteiger partial charge in [-0.25, -0.2) is 0 Å². The molecule has 0 saturated carbocycles. The van der Waals surface area contributed by atoms with E-state index in [4.69, 9.17) is 11.5 Å². The lowest BCUT2D eigenvalue weighted by atomic mass is 10.1. The quantitative estimate of drug-likeness (QED) is 0.192. The number of aliphatic hydroxyl groups is 1. The van der Waals surface area contributed by atoms with E-state index in [-0.39, 0.29) is 12.3 Å². The maximum atomic E-state index is 12.5. The number of rotatable bonds is 15. The molecule has 0 saturated heterocycles. The van der Waals surface area contributed by atoms with Crippen molar-refractivity contribution in [1.82, 2.24) is 16.0 Å². The summed E-state index contributed by atoms with van der Waals surface area (Å²) in [6.45, 7) is 5.76. The monoisotopic (exact) mass is 387 g/mol. The van der Waals surface area contributed by atoms with Crippen LogP contribution in [0.2, 0.25) is 0 Å². The maximum absolute atomic E-state index is 12.5. The third-order valence-electron chi connectivity index (χ3n) is 4.30. The van der Waals surface area contributed by atoms with Crippen molar-refractivity contribution in [2.75, 3.05) is 19.6 Å². The molecule has 0 aliphatic rings. The van der Waals surface area contributed by atoms with Crippen LogP contribution in [0.25, 0.3) is 0 Å². The topological polar surface area (TPSA) is 160 Å². The summed E-state index contributed by atoms with van der Waals surface area (Å²) in [5.74, 6) is -1.36. The van der Waals surface area contributed by atoms with Crippen LogP contribution in [-0.4, -0.2) is 66.6 Å². The molecule has 158 valence electrons. The number of aliphatic hydroxyl groups excluding tert-OH is 1. The summed E-state index contributed by atoms with van der Waals surface area (Å²) in [6.07, 6.45) is 3.55. The molecule has 0 aliphatic heterocycles. The molecule has 0 aromatic heterocycles. The van der Waals surface area contributed by atoms with E-state index >= 15 is 0 Å². The van der Waals surface area contributed by atoms with E-state index in [0.29, 0.717) is 19.5 Å². The Labute approximate surface area is 162 Å². The minimum atomic E-state index is -1.19. The standard InChI is InChI=1S/C18H37N5O4/c1-4-5-6-7-10-21-14(8-9-19)17(26)23-16(13(3)25)18(27)22-15(11-20)12(2)24/h13-16,21,25H,4-11,19-20H2,1-3H3,(H,22,27)(H,23,26)/t13?,14-,15-,16-/m0/s1. The smallest absolute Gasteiger partial charge is 0.245 e. The highest BCUT2D eigenvalue weighted by atomic mass is 16.3. The fourth-order valence-corrected chi connectivity index (χ4v) is 2.57. The molecule has 0 heterocycles. The second-order valence-corrected chi connectivity index (χ2v) is 6.78. The zero-order valence-corrected chi connectivity index (χ0v) is 16.8. The Kier molecular flexibility index (Phi) is 13.7. The molecule has 0 radical (unpaired) electrons. The van der Waals surface area contributed by atoms with Crippen LogP contribution in [0.4, 0.5) is 0 Å². The summed E-state index contributed by atoms with van der Waals surface area (Å²) in [4.78, 5) is 36.4. The second kappa shape index (κ2) is 14.5. The molecule has 9 heteroatoms. The third kappa shape index (κ3) is 10.4. The molecular formula is C18H37N5O4. The highest BCUT2D eigenvalue weighted by molar-refractivity contribution is 5.93. The Morgan fingerprint density at radius 3 is 2.15 bits per heavy atom. The molecule has 0 fully saturated rings. The molecule has 0 rings (SSSR count). The van der Waals surface area contributed by atoms with Crippen LogP contribution in [0.5, 0.6) is 0 Å². The van der Waals surface area contributed by atoms with Crippen molar-refractivity contribution in [3.8, 4) is 0 Å². The first-order chi connectivity index (χ1) is 12.8. The highest BCUT2D eigenvalue weighted by Gasteiger charge is 2.30. The normalized spacial score (nSPS) is 15.5. The molecule has 9 nitrogen and oxygen atoms in total. The lowest BCUT2D eigenvalue weighted by molar-refractivity contribution is -0.134. The number of ketones is 1. The van der Waals surface area contributed by atoms with E-state index in [2.05, 4.69) is 22.9 Å². The van der Waals surface area contributed by atoms with Crippen LogP contribution in [0, 0.1) is 0 Å². The Balaban J connectivity index is 4.83. The molecule has 0 aromatic carbocycles. The van der Waals surface area contributed by atoms with Crippen LogP contribution >= 0.6 is 0 Å². The number of Topliss-reactive ketones (excluding diaryl/α,β-unsaturated/α-hetero) is 1. The lowest BCUT2D eigenvalue weighted by Gasteiger charge is -2.26. The molecule has 2 amide bonds. The molecule has 8 N–H and O–H groups in total. The number of carbonyl (C=O) groups is 3. The minimum Gasteiger partial charge on any atom is -0.391 e. The first kappa shape index (κ1) is 25.4. The van der Waals surface area contributed by atoms with E-state index in [1.165, 1.54) is 13.8 Å². The number of hydrogen-bond acceptors (Lipinski definition) is 7.